The number of aliphatic hydroxyl groups is 2. The summed E-state index contributed by atoms with van der Waals surface area (Å²) in [5.74, 6) is -0.324. The topological polar surface area (TPSA) is 97.3 Å². The van der Waals surface area contributed by atoms with Crippen LogP contribution in [0.1, 0.15) is 18.1 Å². The van der Waals surface area contributed by atoms with Crippen LogP contribution in [0.4, 0.5) is 0 Å². The van der Waals surface area contributed by atoms with Gasteiger partial charge in [0, 0.05) is 6.92 Å². The molecule has 0 aromatic heterocycles. The van der Waals surface area contributed by atoms with Crippen LogP contribution in [0.5, 0.6) is 0 Å². The van der Waals surface area contributed by atoms with E-state index >= 15 is 0 Å². The van der Waals surface area contributed by atoms with Crippen LogP contribution in [0, 0.1) is 0 Å². The second-order valence-electron chi connectivity index (χ2n) is 7.00. The Morgan fingerprint density at radius 1 is 0.966 bits per heavy atom. The van der Waals surface area contributed by atoms with Gasteiger partial charge in [0.2, 0.25) is 5.91 Å². The summed E-state index contributed by atoms with van der Waals surface area (Å²) in [6, 6.07) is 18.3. The van der Waals surface area contributed by atoms with E-state index in [2.05, 4.69) is 5.32 Å². The highest BCUT2D eigenvalue weighted by Gasteiger charge is 2.47. The molecule has 0 aliphatic carbocycles. The van der Waals surface area contributed by atoms with Gasteiger partial charge in [-0.25, -0.2) is 0 Å². The highest BCUT2D eigenvalue weighted by atomic mass is 16.6. The lowest BCUT2D eigenvalue weighted by molar-refractivity contribution is -0.275. The lowest BCUT2D eigenvalue weighted by Gasteiger charge is -2.44. The highest BCUT2D eigenvalue weighted by molar-refractivity contribution is 5.73. The number of ether oxygens (including phenoxy) is 3. The Bertz CT molecular complexity index is 756. The van der Waals surface area contributed by atoms with Gasteiger partial charge in [-0.3, -0.25) is 4.79 Å². The Morgan fingerprint density at radius 3 is 1.97 bits per heavy atom. The molecule has 1 aliphatic heterocycles. The zero-order valence-corrected chi connectivity index (χ0v) is 16.3. The summed E-state index contributed by atoms with van der Waals surface area (Å²) >= 11 is 0. The molecule has 1 amide bonds. The Balaban J connectivity index is 1.80. The van der Waals surface area contributed by atoms with E-state index in [0.29, 0.717) is 0 Å². The van der Waals surface area contributed by atoms with Crippen LogP contribution in [0.3, 0.4) is 0 Å². The van der Waals surface area contributed by atoms with Gasteiger partial charge in [-0.1, -0.05) is 60.7 Å². The van der Waals surface area contributed by atoms with E-state index in [9.17, 15) is 15.0 Å². The summed E-state index contributed by atoms with van der Waals surface area (Å²) in [6.07, 6.45) is -3.53. The molecule has 1 aliphatic rings. The summed E-state index contributed by atoms with van der Waals surface area (Å²) in [4.78, 5) is 11.7. The third-order valence-electron chi connectivity index (χ3n) is 4.79. The molecule has 2 aromatic rings. The number of rotatable bonds is 8. The number of amides is 1. The molecule has 1 unspecified atom stereocenters. The van der Waals surface area contributed by atoms with Gasteiger partial charge in [0.1, 0.15) is 24.4 Å². The van der Waals surface area contributed by atoms with Crippen LogP contribution in [-0.4, -0.2) is 53.4 Å². The predicted octanol–water partition coefficient (Wildman–Crippen LogP) is 1.37. The lowest BCUT2D eigenvalue weighted by Crippen LogP contribution is -2.65. The number of carbonyl (C=O) groups is 1. The molecule has 0 saturated carbocycles. The number of hydrogen-bond donors (Lipinski definition) is 3. The third kappa shape index (κ3) is 5.85. The van der Waals surface area contributed by atoms with Crippen LogP contribution < -0.4 is 5.32 Å². The van der Waals surface area contributed by atoms with Crippen LogP contribution in [0.25, 0.3) is 0 Å². The van der Waals surface area contributed by atoms with Gasteiger partial charge in [-0.05, 0) is 11.1 Å². The van der Waals surface area contributed by atoms with Crippen molar-refractivity contribution in [2.45, 2.75) is 50.8 Å². The Hall–Kier alpha value is -2.29. The minimum absolute atomic E-state index is 0.262. The second-order valence-corrected chi connectivity index (χ2v) is 7.00. The first-order chi connectivity index (χ1) is 14.1. The molecule has 3 rings (SSSR count). The number of hydrogen-bond acceptors (Lipinski definition) is 6. The zero-order chi connectivity index (χ0) is 20.6. The van der Waals surface area contributed by atoms with Gasteiger partial charge >= 0.3 is 0 Å². The van der Waals surface area contributed by atoms with Crippen molar-refractivity contribution in [1.82, 2.24) is 5.32 Å². The van der Waals surface area contributed by atoms with Crippen molar-refractivity contribution in [2.75, 3.05) is 6.61 Å². The molecule has 7 heteroatoms. The normalized spacial score (nSPS) is 26.8. The van der Waals surface area contributed by atoms with E-state index in [0.717, 1.165) is 11.1 Å². The molecule has 156 valence electrons. The molecule has 2 aromatic carbocycles. The molecule has 0 radical (unpaired) electrons. The molecule has 0 spiro atoms. The Labute approximate surface area is 170 Å². The summed E-state index contributed by atoms with van der Waals surface area (Å²) < 4.78 is 17.7. The Morgan fingerprint density at radius 2 is 1.48 bits per heavy atom. The van der Waals surface area contributed by atoms with E-state index < -0.39 is 30.6 Å². The van der Waals surface area contributed by atoms with Crippen LogP contribution >= 0.6 is 0 Å². The van der Waals surface area contributed by atoms with E-state index in [4.69, 9.17) is 14.2 Å². The van der Waals surface area contributed by atoms with Crippen LogP contribution in [-0.2, 0) is 32.2 Å². The molecular formula is C22H27NO6. The number of benzene rings is 2. The van der Waals surface area contributed by atoms with Crippen molar-refractivity contribution in [2.24, 2.45) is 0 Å². The fourth-order valence-electron chi connectivity index (χ4n) is 3.39. The first kappa shape index (κ1) is 21.4. The molecule has 1 fully saturated rings. The molecule has 1 heterocycles. The molecule has 3 N–H and O–H groups in total. The van der Waals surface area contributed by atoms with Crippen molar-refractivity contribution in [1.29, 1.82) is 0 Å². The van der Waals surface area contributed by atoms with Crippen molar-refractivity contribution in [3.8, 4) is 0 Å². The van der Waals surface area contributed by atoms with E-state index in [1.165, 1.54) is 6.92 Å². The van der Waals surface area contributed by atoms with E-state index in [-0.39, 0.29) is 25.7 Å². The van der Waals surface area contributed by atoms with Crippen LogP contribution in [0.15, 0.2) is 60.7 Å². The second kappa shape index (κ2) is 10.5. The molecular weight excluding hydrogens is 374 g/mol. The molecule has 29 heavy (non-hydrogen) atoms. The van der Waals surface area contributed by atoms with Gasteiger partial charge in [0.15, 0.2) is 6.29 Å². The Kier molecular flexibility index (Phi) is 7.74. The van der Waals surface area contributed by atoms with E-state index in [1.807, 2.05) is 60.7 Å². The first-order valence-electron chi connectivity index (χ1n) is 9.61. The number of carbonyl (C=O) groups excluding carboxylic acids is 1. The minimum Gasteiger partial charge on any atom is -0.394 e. The quantitative estimate of drug-likeness (QED) is 0.618. The standard InChI is InChI=1S/C22H27NO6/c1-15(25)23-19-21(28-14-17-10-6-3-7-11-17)20(18(12-24)29-22(19)26)27-13-16-8-4-2-5-9-16/h2-11,18-22,24,26H,12-14H2,1H3,(H,23,25)/t18-,19+,20-,21-,22?/m1/s1. The third-order valence-corrected chi connectivity index (χ3v) is 4.79. The SMILES string of the molecule is CC(=O)N[C@@H]1C(O)O[C@H](CO)[C@@H](OCc2ccccc2)[C@@H]1OCc1ccccc1. The summed E-state index contributed by atoms with van der Waals surface area (Å²) in [5, 5.41) is 22.9. The zero-order valence-electron chi connectivity index (χ0n) is 16.3. The molecule has 7 nitrogen and oxygen atoms in total. The van der Waals surface area contributed by atoms with Crippen molar-refractivity contribution in [3.05, 3.63) is 71.8 Å². The van der Waals surface area contributed by atoms with Crippen LogP contribution in [0.2, 0.25) is 0 Å². The maximum absolute atomic E-state index is 11.7. The lowest BCUT2D eigenvalue weighted by atomic mass is 9.96. The molecule has 1 saturated heterocycles. The minimum atomic E-state index is -1.33. The summed E-state index contributed by atoms with van der Waals surface area (Å²) in [5.41, 5.74) is 1.89. The average Bonchev–Trinajstić information content (AvgIpc) is 2.74. The average molecular weight is 401 g/mol. The van der Waals surface area contributed by atoms with Gasteiger partial charge in [0.05, 0.1) is 19.8 Å². The van der Waals surface area contributed by atoms with Gasteiger partial charge < -0.3 is 29.7 Å². The smallest absolute Gasteiger partial charge is 0.217 e. The molecule has 5 atom stereocenters. The van der Waals surface area contributed by atoms with Gasteiger partial charge in [-0.2, -0.15) is 0 Å². The number of aliphatic hydroxyl groups excluding tert-OH is 2. The van der Waals surface area contributed by atoms with Crippen molar-refractivity contribution < 1.29 is 29.2 Å². The fourth-order valence-corrected chi connectivity index (χ4v) is 3.39. The van der Waals surface area contributed by atoms with Gasteiger partial charge in [0.25, 0.3) is 0 Å². The van der Waals surface area contributed by atoms with Crippen molar-refractivity contribution in [3.63, 3.8) is 0 Å². The predicted molar refractivity (Wildman–Crippen MR) is 106 cm³/mol. The summed E-state index contributed by atoms with van der Waals surface area (Å²) in [7, 11) is 0. The van der Waals surface area contributed by atoms with Crippen molar-refractivity contribution >= 4 is 5.91 Å². The molecule has 0 bridgehead atoms. The fraction of sp³-hybridized carbons (Fsp3) is 0.409. The number of nitrogens with one attached hydrogen (secondary N) is 1. The highest BCUT2D eigenvalue weighted by Crippen LogP contribution is 2.27. The monoisotopic (exact) mass is 401 g/mol. The summed E-state index contributed by atoms with van der Waals surface area (Å²) in [6.45, 7) is 1.55. The maximum atomic E-state index is 11.7. The first-order valence-corrected chi connectivity index (χ1v) is 9.61. The largest absolute Gasteiger partial charge is 0.394 e. The van der Waals surface area contributed by atoms with E-state index in [1.54, 1.807) is 0 Å². The van der Waals surface area contributed by atoms with Gasteiger partial charge in [-0.15, -0.1) is 0 Å². The maximum Gasteiger partial charge on any atom is 0.217 e.